The van der Waals surface area contributed by atoms with Crippen LogP contribution < -0.4 is 4.74 Å². The van der Waals surface area contributed by atoms with E-state index in [0.29, 0.717) is 10.6 Å². The van der Waals surface area contributed by atoms with Gasteiger partial charge in [-0.3, -0.25) is 4.79 Å². The van der Waals surface area contributed by atoms with Gasteiger partial charge in [0.1, 0.15) is 5.75 Å². The van der Waals surface area contributed by atoms with Gasteiger partial charge in [-0.2, -0.15) is 4.31 Å². The highest BCUT2D eigenvalue weighted by Gasteiger charge is 2.31. The Morgan fingerprint density at radius 3 is 2.07 bits per heavy atom. The molecule has 1 amide bonds. The molecule has 0 N–H and O–H groups in total. The summed E-state index contributed by atoms with van der Waals surface area (Å²) in [5.41, 5.74) is 0.533. The smallest absolute Gasteiger partial charge is 0.406 e. The largest absolute Gasteiger partial charge is 0.573 e. The number of hydrogen-bond acceptors (Lipinski definition) is 4. The minimum atomic E-state index is -4.77. The van der Waals surface area contributed by atoms with E-state index in [2.05, 4.69) is 4.74 Å². The van der Waals surface area contributed by atoms with Crippen molar-refractivity contribution < 1.29 is 31.1 Å². The minimum absolute atomic E-state index is 0.00374. The van der Waals surface area contributed by atoms with Gasteiger partial charge in [0.15, 0.2) is 0 Å². The van der Waals surface area contributed by atoms with Gasteiger partial charge in [-0.1, -0.05) is 23.7 Å². The number of sulfonamides is 1. The first-order valence-electron chi connectivity index (χ1n) is 8.93. The Labute approximate surface area is 176 Å². The number of benzene rings is 2. The Morgan fingerprint density at radius 1 is 0.967 bits per heavy atom. The van der Waals surface area contributed by atoms with E-state index < -0.39 is 16.4 Å². The average Bonchev–Trinajstić information content (AvgIpc) is 2.69. The zero-order valence-corrected chi connectivity index (χ0v) is 17.2. The van der Waals surface area contributed by atoms with E-state index in [4.69, 9.17) is 11.6 Å². The number of nitrogens with zero attached hydrogens (tertiary/aromatic N) is 2. The van der Waals surface area contributed by atoms with Gasteiger partial charge in [-0.05, 0) is 42.0 Å². The van der Waals surface area contributed by atoms with E-state index in [-0.39, 0.29) is 49.2 Å². The van der Waals surface area contributed by atoms with Crippen molar-refractivity contribution in [2.75, 3.05) is 26.2 Å². The third kappa shape index (κ3) is 5.65. The van der Waals surface area contributed by atoms with Crippen LogP contribution in [-0.4, -0.2) is 56.1 Å². The van der Waals surface area contributed by atoms with Gasteiger partial charge < -0.3 is 9.64 Å². The van der Waals surface area contributed by atoms with E-state index >= 15 is 0 Å². The van der Waals surface area contributed by atoms with Crippen molar-refractivity contribution in [3.8, 4) is 5.75 Å². The fraction of sp³-hybridized carbons (Fsp3) is 0.316. The molecule has 11 heteroatoms. The van der Waals surface area contributed by atoms with Crippen molar-refractivity contribution in [1.82, 2.24) is 9.21 Å². The molecule has 162 valence electrons. The lowest BCUT2D eigenvalue weighted by atomic mass is 10.1. The van der Waals surface area contributed by atoms with Crippen molar-refractivity contribution in [2.45, 2.75) is 17.7 Å². The molecule has 0 bridgehead atoms. The summed E-state index contributed by atoms with van der Waals surface area (Å²) in [4.78, 5) is 14.1. The fourth-order valence-corrected chi connectivity index (χ4v) is 4.58. The number of piperazine rings is 1. The number of hydrogen-bond donors (Lipinski definition) is 0. The summed E-state index contributed by atoms with van der Waals surface area (Å²) >= 11 is 5.80. The number of amides is 1. The van der Waals surface area contributed by atoms with Crippen LogP contribution in [0.15, 0.2) is 53.4 Å². The number of alkyl halides is 3. The monoisotopic (exact) mass is 462 g/mol. The molecule has 1 saturated heterocycles. The van der Waals surface area contributed by atoms with Gasteiger partial charge in [-0.25, -0.2) is 8.42 Å². The molecule has 0 spiro atoms. The highest BCUT2D eigenvalue weighted by atomic mass is 35.5. The third-order valence-electron chi connectivity index (χ3n) is 4.56. The molecule has 1 fully saturated rings. The summed E-state index contributed by atoms with van der Waals surface area (Å²) in [5, 5.41) is 0.433. The van der Waals surface area contributed by atoms with Crippen molar-refractivity contribution in [1.29, 1.82) is 0 Å². The average molecular weight is 463 g/mol. The molecule has 2 aromatic carbocycles. The molecule has 0 radical (unpaired) electrons. The normalized spacial score (nSPS) is 15.8. The Kier molecular flexibility index (Phi) is 6.59. The van der Waals surface area contributed by atoms with Gasteiger partial charge in [-0.15, -0.1) is 13.2 Å². The molecule has 1 heterocycles. The highest BCUT2D eigenvalue weighted by Crippen LogP contribution is 2.23. The van der Waals surface area contributed by atoms with Crippen LogP contribution in [0.5, 0.6) is 5.75 Å². The summed E-state index contributed by atoms with van der Waals surface area (Å²) in [6.45, 7) is 0.742. The molecular formula is C19H18ClF3N2O4S. The first-order valence-corrected chi connectivity index (χ1v) is 10.7. The summed E-state index contributed by atoms with van der Waals surface area (Å²) in [5.74, 6) is -0.595. The lowest BCUT2D eigenvalue weighted by Gasteiger charge is -2.34. The lowest BCUT2D eigenvalue weighted by molar-refractivity contribution is -0.274. The van der Waals surface area contributed by atoms with Gasteiger partial charge >= 0.3 is 6.36 Å². The Hall–Kier alpha value is -2.30. The van der Waals surface area contributed by atoms with E-state index in [1.807, 2.05) is 0 Å². The minimum Gasteiger partial charge on any atom is -0.406 e. The van der Waals surface area contributed by atoms with Gasteiger partial charge in [0.05, 0.1) is 11.3 Å². The summed E-state index contributed by atoms with van der Waals surface area (Å²) in [6.07, 6.45) is -4.78. The molecule has 30 heavy (non-hydrogen) atoms. The number of carbonyl (C=O) groups is 1. The summed E-state index contributed by atoms with van der Waals surface area (Å²) in [7, 11) is -3.68. The fourth-order valence-electron chi connectivity index (χ4n) is 3.03. The Bertz CT molecular complexity index is 988. The van der Waals surface area contributed by atoms with Crippen LogP contribution in [0.25, 0.3) is 0 Å². The summed E-state index contributed by atoms with van der Waals surface area (Å²) in [6, 6.07) is 10.9. The molecule has 1 aliphatic rings. The van der Waals surface area contributed by atoms with Crippen molar-refractivity contribution >= 4 is 27.5 Å². The zero-order valence-electron chi connectivity index (χ0n) is 15.6. The van der Waals surface area contributed by atoms with Crippen molar-refractivity contribution in [3.63, 3.8) is 0 Å². The second-order valence-corrected chi connectivity index (χ2v) is 8.98. The second-order valence-electron chi connectivity index (χ2n) is 6.61. The first-order chi connectivity index (χ1) is 14.0. The molecule has 0 unspecified atom stereocenters. The lowest BCUT2D eigenvalue weighted by Crippen LogP contribution is -2.50. The van der Waals surface area contributed by atoms with E-state index in [1.54, 1.807) is 0 Å². The topological polar surface area (TPSA) is 66.9 Å². The molecule has 0 aliphatic carbocycles. The SMILES string of the molecule is O=C(Cc1ccc(OC(F)(F)F)cc1)N1CCN(S(=O)(=O)c2ccc(Cl)cc2)CC1. The summed E-state index contributed by atoms with van der Waals surface area (Å²) < 4.78 is 67.1. The predicted octanol–water partition coefficient (Wildman–Crippen LogP) is 3.31. The molecule has 2 aromatic rings. The van der Waals surface area contributed by atoms with E-state index in [0.717, 1.165) is 12.1 Å². The number of carbonyl (C=O) groups excluding carboxylic acids is 1. The van der Waals surface area contributed by atoms with Crippen LogP contribution in [0.3, 0.4) is 0 Å². The Balaban J connectivity index is 1.56. The van der Waals surface area contributed by atoms with Crippen LogP contribution in [0.2, 0.25) is 5.02 Å². The molecule has 0 aromatic heterocycles. The number of ether oxygens (including phenoxy) is 1. The molecule has 6 nitrogen and oxygen atoms in total. The molecule has 0 saturated carbocycles. The molecular weight excluding hydrogens is 445 g/mol. The quantitative estimate of drug-likeness (QED) is 0.683. The van der Waals surface area contributed by atoms with Crippen LogP contribution >= 0.6 is 11.6 Å². The maximum atomic E-state index is 12.7. The third-order valence-corrected chi connectivity index (χ3v) is 6.72. The highest BCUT2D eigenvalue weighted by molar-refractivity contribution is 7.89. The van der Waals surface area contributed by atoms with Crippen LogP contribution in [0.4, 0.5) is 13.2 Å². The molecule has 0 atom stereocenters. The number of rotatable bonds is 5. The van der Waals surface area contributed by atoms with Gasteiger partial charge in [0.2, 0.25) is 15.9 Å². The van der Waals surface area contributed by atoms with Crippen molar-refractivity contribution in [2.24, 2.45) is 0 Å². The zero-order chi connectivity index (χ0) is 21.9. The van der Waals surface area contributed by atoms with E-state index in [9.17, 15) is 26.4 Å². The van der Waals surface area contributed by atoms with Crippen LogP contribution in [0, 0.1) is 0 Å². The van der Waals surface area contributed by atoms with Crippen molar-refractivity contribution in [3.05, 3.63) is 59.1 Å². The predicted molar refractivity (Wildman–Crippen MR) is 104 cm³/mol. The standard InChI is InChI=1S/C19H18ClF3N2O4S/c20-15-3-7-17(8-4-15)30(27,28)25-11-9-24(10-12-25)18(26)13-14-1-5-16(6-2-14)29-19(21,22)23/h1-8H,9-13H2. The maximum Gasteiger partial charge on any atom is 0.573 e. The second kappa shape index (κ2) is 8.83. The van der Waals surface area contributed by atoms with Gasteiger partial charge in [0.25, 0.3) is 0 Å². The number of halogens is 4. The molecule has 1 aliphatic heterocycles. The first kappa shape index (κ1) is 22.4. The Morgan fingerprint density at radius 2 is 1.53 bits per heavy atom. The molecule has 3 rings (SSSR count). The van der Waals surface area contributed by atoms with Crippen LogP contribution in [-0.2, 0) is 21.2 Å². The maximum absolute atomic E-state index is 12.7. The van der Waals surface area contributed by atoms with Crippen LogP contribution in [0.1, 0.15) is 5.56 Å². The van der Waals surface area contributed by atoms with Gasteiger partial charge in [0, 0.05) is 31.2 Å². The van der Waals surface area contributed by atoms with E-state index in [1.165, 1.54) is 45.6 Å².